The molecule has 1 heterocycles. The van der Waals surface area contributed by atoms with Crippen molar-refractivity contribution in [2.45, 2.75) is 26.7 Å². The number of ketones is 1. The molecule has 1 rings (SSSR count). The Bertz CT molecular complexity index is 428. The second kappa shape index (κ2) is 8.36. The highest BCUT2D eigenvalue weighted by Crippen LogP contribution is 2.18. The first-order chi connectivity index (χ1) is 9.51. The van der Waals surface area contributed by atoms with E-state index in [4.69, 9.17) is 21.1 Å². The molecule has 0 spiro atoms. The van der Waals surface area contributed by atoms with Gasteiger partial charge in [0, 0.05) is 19.8 Å². The Morgan fingerprint density at radius 2 is 2.00 bits per heavy atom. The van der Waals surface area contributed by atoms with E-state index in [9.17, 15) is 4.79 Å². The summed E-state index contributed by atoms with van der Waals surface area (Å²) in [7, 11) is 3.91. The molecule has 0 aliphatic carbocycles. The van der Waals surface area contributed by atoms with Crippen LogP contribution >= 0.6 is 11.6 Å². The average Bonchev–Trinajstić information content (AvgIpc) is 2.76. The maximum Gasteiger partial charge on any atom is 0.238 e. The van der Waals surface area contributed by atoms with Crippen molar-refractivity contribution in [2.75, 3.05) is 33.9 Å². The minimum Gasteiger partial charge on any atom is -0.346 e. The van der Waals surface area contributed by atoms with Crippen LogP contribution < -0.4 is 0 Å². The van der Waals surface area contributed by atoms with E-state index in [1.165, 1.54) is 6.20 Å². The van der Waals surface area contributed by atoms with Crippen LogP contribution in [-0.2, 0) is 16.0 Å². The first-order valence-corrected chi connectivity index (χ1v) is 7.02. The van der Waals surface area contributed by atoms with Gasteiger partial charge in [0.25, 0.3) is 0 Å². The van der Waals surface area contributed by atoms with E-state index in [1.807, 2.05) is 32.8 Å². The average molecular weight is 304 g/mol. The molecule has 0 radical (unpaired) electrons. The van der Waals surface area contributed by atoms with Gasteiger partial charge >= 0.3 is 0 Å². The van der Waals surface area contributed by atoms with E-state index in [0.717, 1.165) is 6.54 Å². The Hall–Kier alpha value is -0.950. The summed E-state index contributed by atoms with van der Waals surface area (Å²) in [6, 6.07) is 0. The molecule has 1 aromatic rings. The molecule has 0 unspecified atom stereocenters. The van der Waals surface area contributed by atoms with Gasteiger partial charge in [0.15, 0.2) is 0 Å². The molecule has 6 nitrogen and oxygen atoms in total. The van der Waals surface area contributed by atoms with Gasteiger partial charge in [0.1, 0.15) is 5.69 Å². The predicted molar refractivity (Wildman–Crippen MR) is 77.2 cm³/mol. The lowest BCUT2D eigenvalue weighted by atomic mass is 10.2. The van der Waals surface area contributed by atoms with E-state index >= 15 is 0 Å². The van der Waals surface area contributed by atoms with Gasteiger partial charge in [-0.3, -0.25) is 9.48 Å². The number of halogens is 1. The van der Waals surface area contributed by atoms with Crippen molar-refractivity contribution in [1.29, 1.82) is 0 Å². The standard InChI is InChI=1S/C13H22ClN3O3/c1-5-19-13(20-6-2)12(18)11-10(14)9-15-17(11)8-7-16(3)4/h9,13H,5-8H2,1-4H3. The molecule has 114 valence electrons. The van der Waals surface area contributed by atoms with Crippen LogP contribution in [0.3, 0.4) is 0 Å². The molecular weight excluding hydrogens is 282 g/mol. The monoisotopic (exact) mass is 303 g/mol. The van der Waals surface area contributed by atoms with Crippen molar-refractivity contribution < 1.29 is 14.3 Å². The van der Waals surface area contributed by atoms with Crippen LogP contribution in [0.1, 0.15) is 24.3 Å². The molecule has 0 aromatic carbocycles. The number of ether oxygens (including phenoxy) is 2. The van der Waals surface area contributed by atoms with Gasteiger partial charge in [-0.05, 0) is 27.9 Å². The molecule has 0 atom stereocenters. The Labute approximate surface area is 124 Å². The molecule has 0 aliphatic heterocycles. The number of nitrogens with zero attached hydrogens (tertiary/aromatic N) is 3. The smallest absolute Gasteiger partial charge is 0.238 e. The molecule has 1 aromatic heterocycles. The molecule has 0 saturated carbocycles. The molecule has 0 amide bonds. The van der Waals surface area contributed by atoms with E-state index in [2.05, 4.69) is 5.10 Å². The number of Topliss-reactive ketones (excluding diaryl/α,β-unsaturated/α-hetero) is 1. The molecule has 0 aliphatic rings. The van der Waals surface area contributed by atoms with Crippen LogP contribution in [0.15, 0.2) is 6.20 Å². The van der Waals surface area contributed by atoms with Crippen molar-refractivity contribution in [1.82, 2.24) is 14.7 Å². The Kier molecular flexibility index (Phi) is 7.15. The molecule has 0 bridgehead atoms. The Morgan fingerprint density at radius 1 is 1.40 bits per heavy atom. The maximum absolute atomic E-state index is 12.5. The van der Waals surface area contributed by atoms with Gasteiger partial charge in [0.2, 0.25) is 12.1 Å². The Balaban J connectivity index is 2.92. The summed E-state index contributed by atoms with van der Waals surface area (Å²) < 4.78 is 12.2. The van der Waals surface area contributed by atoms with Crippen LogP contribution in [0.5, 0.6) is 0 Å². The number of carbonyl (C=O) groups excluding carboxylic acids is 1. The largest absolute Gasteiger partial charge is 0.346 e. The van der Waals surface area contributed by atoms with E-state index in [-0.39, 0.29) is 5.78 Å². The van der Waals surface area contributed by atoms with Crippen LogP contribution in [-0.4, -0.2) is 60.6 Å². The zero-order valence-electron chi connectivity index (χ0n) is 12.4. The quantitative estimate of drug-likeness (QED) is 0.513. The molecule has 0 saturated heterocycles. The lowest BCUT2D eigenvalue weighted by Gasteiger charge is -2.17. The normalized spacial score (nSPS) is 11.6. The third kappa shape index (κ3) is 4.56. The van der Waals surface area contributed by atoms with E-state index in [1.54, 1.807) is 4.68 Å². The minimum atomic E-state index is -0.933. The predicted octanol–water partition coefficient (Wildman–Crippen LogP) is 1.68. The van der Waals surface area contributed by atoms with Gasteiger partial charge in [-0.2, -0.15) is 5.10 Å². The topological polar surface area (TPSA) is 56.6 Å². The van der Waals surface area contributed by atoms with E-state index < -0.39 is 6.29 Å². The number of rotatable bonds is 9. The van der Waals surface area contributed by atoms with Crippen LogP contribution in [0.25, 0.3) is 0 Å². The zero-order chi connectivity index (χ0) is 15.1. The fourth-order valence-corrected chi connectivity index (χ4v) is 1.92. The first-order valence-electron chi connectivity index (χ1n) is 6.64. The van der Waals surface area contributed by atoms with E-state index in [0.29, 0.717) is 30.5 Å². The number of likely N-dealkylation sites (N-methyl/N-ethyl adjacent to an activating group) is 1. The summed E-state index contributed by atoms with van der Waals surface area (Å²) in [6.45, 7) is 5.73. The summed E-state index contributed by atoms with van der Waals surface area (Å²) in [5.74, 6) is -0.296. The highest BCUT2D eigenvalue weighted by molar-refractivity contribution is 6.33. The van der Waals surface area contributed by atoms with Gasteiger partial charge in [-0.15, -0.1) is 0 Å². The van der Waals surface area contributed by atoms with Crippen molar-refractivity contribution in [3.8, 4) is 0 Å². The second-order valence-electron chi connectivity index (χ2n) is 4.47. The summed E-state index contributed by atoms with van der Waals surface area (Å²) in [6.07, 6.45) is 0.539. The van der Waals surface area contributed by atoms with Gasteiger partial charge in [-0.25, -0.2) is 0 Å². The molecule has 0 fully saturated rings. The fraction of sp³-hybridized carbons (Fsp3) is 0.692. The van der Waals surface area contributed by atoms with Crippen LogP contribution in [0.4, 0.5) is 0 Å². The van der Waals surface area contributed by atoms with Gasteiger partial charge in [0.05, 0.1) is 17.8 Å². The second-order valence-corrected chi connectivity index (χ2v) is 4.88. The SMILES string of the molecule is CCOC(OCC)C(=O)c1c(Cl)cnn1CCN(C)C. The lowest BCUT2D eigenvalue weighted by molar-refractivity contribution is -0.107. The van der Waals surface area contributed by atoms with Crippen molar-refractivity contribution >= 4 is 17.4 Å². The van der Waals surface area contributed by atoms with Crippen molar-refractivity contribution in [3.05, 3.63) is 16.9 Å². The number of aromatic nitrogens is 2. The van der Waals surface area contributed by atoms with Crippen molar-refractivity contribution in [2.24, 2.45) is 0 Å². The summed E-state index contributed by atoms with van der Waals surface area (Å²) in [4.78, 5) is 14.5. The molecule has 0 N–H and O–H groups in total. The van der Waals surface area contributed by atoms with Crippen molar-refractivity contribution in [3.63, 3.8) is 0 Å². The Morgan fingerprint density at radius 3 is 2.50 bits per heavy atom. The fourth-order valence-electron chi connectivity index (χ4n) is 1.69. The minimum absolute atomic E-state index is 0.296. The molecule has 7 heteroatoms. The highest BCUT2D eigenvalue weighted by atomic mass is 35.5. The number of hydrogen-bond donors (Lipinski definition) is 0. The lowest BCUT2D eigenvalue weighted by Crippen LogP contribution is -2.31. The van der Waals surface area contributed by atoms with Gasteiger partial charge in [-0.1, -0.05) is 11.6 Å². The summed E-state index contributed by atoms with van der Waals surface area (Å²) in [5.41, 5.74) is 0.334. The summed E-state index contributed by atoms with van der Waals surface area (Å²) >= 11 is 6.07. The van der Waals surface area contributed by atoms with Crippen LogP contribution in [0, 0.1) is 0 Å². The highest BCUT2D eigenvalue weighted by Gasteiger charge is 2.27. The third-order valence-corrected chi connectivity index (χ3v) is 2.91. The maximum atomic E-state index is 12.5. The third-order valence-electron chi connectivity index (χ3n) is 2.64. The number of carbonyl (C=O) groups is 1. The summed E-state index contributed by atoms with van der Waals surface area (Å²) in [5, 5.41) is 4.46. The zero-order valence-corrected chi connectivity index (χ0v) is 13.2. The number of hydrogen-bond acceptors (Lipinski definition) is 5. The van der Waals surface area contributed by atoms with Crippen LogP contribution in [0.2, 0.25) is 5.02 Å². The van der Waals surface area contributed by atoms with Gasteiger partial charge < -0.3 is 14.4 Å². The molecular formula is C13H22ClN3O3. The first kappa shape index (κ1) is 17.1. The molecule has 20 heavy (non-hydrogen) atoms.